The Hall–Kier alpha value is -6.50. The number of morpholine rings is 1. The molecule has 0 spiro atoms. The molecule has 1 saturated heterocycles. The summed E-state index contributed by atoms with van der Waals surface area (Å²) < 4.78 is 6.70. The van der Waals surface area contributed by atoms with E-state index < -0.39 is 17.7 Å². The molecule has 65 heavy (non-hydrogen) atoms. The zero-order chi connectivity index (χ0) is 45.0. The van der Waals surface area contributed by atoms with Gasteiger partial charge >= 0.3 is 0 Å². The van der Waals surface area contributed by atoms with Gasteiger partial charge < -0.3 is 36.6 Å². The lowest BCUT2D eigenvalue weighted by Crippen LogP contribution is -2.40. The zero-order valence-electron chi connectivity index (χ0n) is 32.8. The number of carbonyl (C=O) groups excluding carboxylic acids is 4. The second-order valence-corrected chi connectivity index (χ2v) is 16.1. The molecule has 15 nitrogen and oxygen atoms in total. The van der Waals surface area contributed by atoms with Crippen LogP contribution in [-0.2, 0) is 4.74 Å². The molecule has 4 aromatic carbocycles. The molecule has 7 rings (SSSR count). The minimum atomic E-state index is -0.441. The number of pyridine rings is 2. The summed E-state index contributed by atoms with van der Waals surface area (Å²) in [5.74, 6) is -0.658. The van der Waals surface area contributed by atoms with Gasteiger partial charge in [-0.25, -0.2) is 9.97 Å². The first-order valence-corrected chi connectivity index (χ1v) is 21.1. The lowest BCUT2D eigenvalue weighted by molar-refractivity contribution is 0.0680. The largest absolute Gasteiger partial charge is 0.384 e. The molecule has 0 saturated carbocycles. The zero-order valence-corrected chi connectivity index (χ0v) is 37.5. The summed E-state index contributed by atoms with van der Waals surface area (Å²) in [4.78, 5) is 61.1. The Morgan fingerprint density at radius 1 is 0.569 bits per heavy atom. The van der Waals surface area contributed by atoms with E-state index in [1.165, 1.54) is 12.4 Å². The number of nitrogens with one attached hydrogen (secondary N) is 6. The number of nitrogens with two attached hydrogens (primary N) is 1. The highest BCUT2D eigenvalue weighted by molar-refractivity contribution is 9.10. The van der Waals surface area contributed by atoms with Crippen LogP contribution in [0.1, 0.15) is 67.4 Å². The highest BCUT2D eigenvalue weighted by Crippen LogP contribution is 2.25. The number of nitrogens with zero attached hydrogens (tertiary/aromatic N) is 3. The number of carbonyl (C=O) groups is 4. The van der Waals surface area contributed by atoms with E-state index in [1.54, 1.807) is 109 Å². The van der Waals surface area contributed by atoms with Crippen LogP contribution in [0.3, 0.4) is 0 Å². The minimum absolute atomic E-state index is 0. The van der Waals surface area contributed by atoms with Crippen molar-refractivity contribution in [2.24, 2.45) is 5.73 Å². The van der Waals surface area contributed by atoms with Gasteiger partial charge in [0.15, 0.2) is 0 Å². The highest BCUT2D eigenvalue weighted by atomic mass is 79.9. The smallest absolute Gasteiger partial charge is 0.258 e. The number of ether oxygens (including phenoxy) is 1. The Balaban J connectivity index is 0.000000279. The van der Waals surface area contributed by atoms with E-state index in [1.807, 2.05) is 4.90 Å². The Morgan fingerprint density at radius 3 is 1.35 bits per heavy atom. The van der Waals surface area contributed by atoms with Crippen LogP contribution < -0.4 is 27.0 Å². The number of halogens is 4. The van der Waals surface area contributed by atoms with Crippen molar-refractivity contribution in [3.63, 3.8) is 0 Å². The molecule has 4 amide bonds. The van der Waals surface area contributed by atoms with Gasteiger partial charge in [0.2, 0.25) is 0 Å². The summed E-state index contributed by atoms with van der Waals surface area (Å²) in [7, 11) is 0. The fourth-order valence-electron chi connectivity index (χ4n) is 5.83. The molecule has 3 heterocycles. The fourth-order valence-corrected chi connectivity index (χ4v) is 6.78. The summed E-state index contributed by atoms with van der Waals surface area (Å²) in [5.41, 5.74) is 8.64. The van der Waals surface area contributed by atoms with Crippen LogP contribution in [-0.4, -0.2) is 76.5 Å². The topological polar surface area (TPSA) is 228 Å². The average Bonchev–Trinajstić information content (AvgIpc) is 3.29. The lowest BCUT2D eigenvalue weighted by Gasteiger charge is -2.29. The third-order valence-electron chi connectivity index (χ3n) is 9.09. The number of amidine groups is 2. The third-order valence-corrected chi connectivity index (χ3v) is 10.5. The van der Waals surface area contributed by atoms with E-state index in [2.05, 4.69) is 63.1 Å². The van der Waals surface area contributed by atoms with Crippen molar-refractivity contribution in [3.05, 3.63) is 174 Å². The number of hydrogen-bond acceptors (Lipinski definition) is 9. The van der Waals surface area contributed by atoms with Gasteiger partial charge in [-0.1, -0.05) is 94.2 Å². The van der Waals surface area contributed by atoms with E-state index in [0.717, 1.165) is 5.56 Å². The van der Waals surface area contributed by atoms with Gasteiger partial charge in [-0.15, -0.1) is 0 Å². The minimum Gasteiger partial charge on any atom is -0.384 e. The average molecular weight is 1050 g/mol. The highest BCUT2D eigenvalue weighted by Gasteiger charge is 2.19. The predicted molar refractivity (Wildman–Crippen MR) is 265 cm³/mol. The number of rotatable bonds is 10. The van der Waals surface area contributed by atoms with Gasteiger partial charge in [0.1, 0.15) is 23.3 Å². The van der Waals surface area contributed by atoms with E-state index >= 15 is 0 Å². The quantitative estimate of drug-likeness (QED) is 0.0511. The van der Waals surface area contributed by atoms with Gasteiger partial charge in [0, 0.05) is 56.7 Å². The molecule has 336 valence electrons. The normalized spacial score (nSPS) is 11.5. The number of aromatic nitrogens is 2. The lowest BCUT2D eigenvalue weighted by atomic mass is 10.1. The van der Waals surface area contributed by atoms with Crippen LogP contribution >= 0.6 is 55.1 Å². The summed E-state index contributed by atoms with van der Waals surface area (Å²) in [5, 5.41) is 27.6. The van der Waals surface area contributed by atoms with Gasteiger partial charge in [0.05, 0.1) is 45.8 Å². The molecule has 0 radical (unpaired) electrons. The molecule has 19 heteroatoms. The SMILES string of the molecule is C.C.N=C(N)c1ccc(C(=O)Nc2ccc(Br)cc2C(=O)Nc2ccc(Cl)cn2)cc1.N=C(c1ccc(C(=O)Nc2ccc(Br)cc2C(=O)Nc2ccc(Cl)cn2)cc1)N1CCOCC1. The molecule has 1 aliphatic rings. The Bertz CT molecular complexity index is 2670. The Labute approximate surface area is 402 Å². The number of anilines is 4. The molecule has 0 atom stereocenters. The molecule has 6 aromatic rings. The maximum absolute atomic E-state index is 12.9. The van der Waals surface area contributed by atoms with Gasteiger partial charge in [-0.05, 0) is 84.9 Å². The van der Waals surface area contributed by atoms with Crippen LogP contribution in [0.2, 0.25) is 10.0 Å². The molecule has 2 aromatic heterocycles. The monoisotopic (exact) mass is 1040 g/mol. The molecular formula is C46H44Br2Cl2N10O5. The first-order chi connectivity index (χ1) is 30.2. The van der Waals surface area contributed by atoms with Crippen molar-refractivity contribution >= 4 is 113 Å². The first kappa shape index (κ1) is 51.1. The molecular weight excluding hydrogens is 1000 g/mol. The van der Waals surface area contributed by atoms with Gasteiger partial charge in [0.25, 0.3) is 23.6 Å². The fraction of sp³-hybridized carbons (Fsp3) is 0.130. The standard InChI is InChI=1S/C24H21BrClN5O3.C20H15BrClN5O2.2CH4/c25-17-5-7-20(19(13-17)24(33)30-21-8-6-18(26)14-28-21)29-23(32)16-3-1-15(2-4-16)22(27)31-9-11-34-12-10-31;21-13-5-7-16(26-19(28)12-3-1-11(2-4-12)18(23)24)15(9-13)20(29)27-17-8-6-14(22)10-25-17;;/h1-8,13-14,27H,9-12H2,(H,29,32)(H,28,30,33);1-10H,(H3,23,24)(H,26,28)(H,25,27,29);2*1H4. The molecule has 8 N–H and O–H groups in total. The van der Waals surface area contributed by atoms with Crippen molar-refractivity contribution in [1.82, 2.24) is 14.9 Å². The molecule has 1 aliphatic heterocycles. The maximum atomic E-state index is 12.9. The van der Waals surface area contributed by atoms with Crippen molar-refractivity contribution in [3.8, 4) is 0 Å². The van der Waals surface area contributed by atoms with Crippen molar-refractivity contribution in [2.75, 3.05) is 47.6 Å². The summed E-state index contributed by atoms with van der Waals surface area (Å²) in [6, 6.07) is 29.4. The van der Waals surface area contributed by atoms with Gasteiger partial charge in [-0.3, -0.25) is 30.0 Å². The summed E-state index contributed by atoms with van der Waals surface area (Å²) in [6.45, 7) is 2.53. The van der Waals surface area contributed by atoms with Crippen LogP contribution in [0, 0.1) is 10.8 Å². The Kier molecular flexibility index (Phi) is 18.9. The van der Waals surface area contributed by atoms with E-state index in [0.29, 0.717) is 90.8 Å². The molecule has 0 unspecified atom stereocenters. The molecule has 0 aliphatic carbocycles. The van der Waals surface area contributed by atoms with Gasteiger partial charge in [-0.2, -0.15) is 0 Å². The number of amides is 4. The number of nitrogen functional groups attached to an aromatic ring is 1. The molecule has 0 bridgehead atoms. The van der Waals surface area contributed by atoms with Crippen molar-refractivity contribution in [2.45, 2.75) is 14.9 Å². The van der Waals surface area contributed by atoms with Crippen molar-refractivity contribution in [1.29, 1.82) is 10.8 Å². The number of benzene rings is 4. The van der Waals surface area contributed by atoms with Crippen LogP contribution in [0.15, 0.2) is 131 Å². The second-order valence-electron chi connectivity index (χ2n) is 13.4. The van der Waals surface area contributed by atoms with E-state index in [9.17, 15) is 19.2 Å². The van der Waals surface area contributed by atoms with Crippen LogP contribution in [0.25, 0.3) is 0 Å². The predicted octanol–water partition coefficient (Wildman–Crippen LogP) is 10.2. The Morgan fingerprint density at radius 2 is 0.969 bits per heavy atom. The molecule has 1 fully saturated rings. The van der Waals surface area contributed by atoms with Crippen LogP contribution in [0.4, 0.5) is 23.0 Å². The van der Waals surface area contributed by atoms with E-state index in [4.69, 9.17) is 44.5 Å². The summed E-state index contributed by atoms with van der Waals surface area (Å²) >= 11 is 18.4. The third kappa shape index (κ3) is 14.2. The summed E-state index contributed by atoms with van der Waals surface area (Å²) in [6.07, 6.45) is 2.86. The second kappa shape index (κ2) is 24.0. The van der Waals surface area contributed by atoms with E-state index in [-0.39, 0.29) is 37.7 Å². The van der Waals surface area contributed by atoms with Crippen LogP contribution in [0.5, 0.6) is 0 Å². The first-order valence-electron chi connectivity index (χ1n) is 18.8. The number of hydrogen-bond donors (Lipinski definition) is 7. The van der Waals surface area contributed by atoms with Crippen molar-refractivity contribution < 1.29 is 23.9 Å². The maximum Gasteiger partial charge on any atom is 0.258 e.